The van der Waals surface area contributed by atoms with Crippen molar-refractivity contribution in [3.63, 3.8) is 0 Å². The molecule has 8 nitrogen and oxygen atoms in total. The minimum atomic E-state index is -0.166. The Labute approximate surface area is 243 Å². The molecule has 1 saturated heterocycles. The number of nitrogens with zero attached hydrogens (tertiary/aromatic N) is 5. The number of ether oxygens (including phenoxy) is 1. The standard InChI is InChI=1S/C33H42N6O2/c1-4-6-7-9-24(8-5-2)30-19-26(12-13-34-30)33(40)37-32-20-28-18-25(10-11-27(28)21-35-32)29-22-36-38(3)31(29)23-39-14-16-41-17-15-39/h10-13,18-22,24H,4-9,14-17,23H2,1-3H3,(H,35,37,40). The summed E-state index contributed by atoms with van der Waals surface area (Å²) < 4.78 is 7.48. The maximum atomic E-state index is 13.3. The lowest BCUT2D eigenvalue weighted by Crippen LogP contribution is -2.36. The van der Waals surface area contributed by atoms with Gasteiger partial charge in [-0.2, -0.15) is 5.10 Å². The molecular weight excluding hydrogens is 512 g/mol. The van der Waals surface area contributed by atoms with Crippen LogP contribution in [0.3, 0.4) is 0 Å². The van der Waals surface area contributed by atoms with Crippen LogP contribution in [0.15, 0.2) is 55.0 Å². The van der Waals surface area contributed by atoms with Crippen LogP contribution in [0.1, 0.15) is 80.0 Å². The number of hydrogen-bond donors (Lipinski definition) is 1. The largest absolute Gasteiger partial charge is 0.379 e. The number of morpholine rings is 1. The van der Waals surface area contributed by atoms with Gasteiger partial charge in [-0.1, -0.05) is 51.7 Å². The van der Waals surface area contributed by atoms with Crippen LogP contribution >= 0.6 is 0 Å². The van der Waals surface area contributed by atoms with E-state index in [1.807, 2.05) is 36.3 Å². The fourth-order valence-electron chi connectivity index (χ4n) is 5.67. The molecule has 5 rings (SSSR count). The molecule has 0 radical (unpaired) electrons. The van der Waals surface area contributed by atoms with E-state index in [1.54, 1.807) is 12.3 Å². The summed E-state index contributed by atoms with van der Waals surface area (Å²) in [5.74, 6) is 0.753. The van der Waals surface area contributed by atoms with Gasteiger partial charge in [-0.3, -0.25) is 19.4 Å². The molecule has 1 fully saturated rings. The van der Waals surface area contributed by atoms with Crippen molar-refractivity contribution in [3.05, 3.63) is 71.9 Å². The molecule has 0 saturated carbocycles. The van der Waals surface area contributed by atoms with E-state index in [0.717, 1.165) is 79.7 Å². The van der Waals surface area contributed by atoms with E-state index in [9.17, 15) is 4.79 Å². The van der Waals surface area contributed by atoms with Gasteiger partial charge in [0.25, 0.3) is 5.91 Å². The lowest BCUT2D eigenvalue weighted by atomic mass is 9.92. The van der Waals surface area contributed by atoms with Gasteiger partial charge in [0.05, 0.1) is 25.1 Å². The highest BCUT2D eigenvalue weighted by Gasteiger charge is 2.18. The Kier molecular flexibility index (Phi) is 9.75. The monoisotopic (exact) mass is 554 g/mol. The SMILES string of the molecule is CCCCCC(CCC)c1cc(C(=O)Nc2cc3cc(-c4cnn(C)c4CN4CCOCC4)ccc3cn2)ccn1. The Balaban J connectivity index is 1.34. The summed E-state index contributed by atoms with van der Waals surface area (Å²) in [5, 5.41) is 9.62. The molecule has 41 heavy (non-hydrogen) atoms. The first-order valence-corrected chi connectivity index (χ1v) is 15.0. The second-order valence-electron chi connectivity index (χ2n) is 11.1. The van der Waals surface area contributed by atoms with Crippen molar-refractivity contribution in [2.24, 2.45) is 7.05 Å². The molecule has 4 aromatic rings. The molecule has 3 aromatic heterocycles. The number of nitrogens with one attached hydrogen (secondary N) is 1. The zero-order chi connectivity index (χ0) is 28.6. The van der Waals surface area contributed by atoms with Crippen molar-refractivity contribution in [2.75, 3.05) is 31.6 Å². The van der Waals surface area contributed by atoms with Crippen LogP contribution in [0.5, 0.6) is 0 Å². The lowest BCUT2D eigenvalue weighted by molar-refractivity contribution is 0.0332. The Morgan fingerprint density at radius 3 is 2.63 bits per heavy atom. The summed E-state index contributed by atoms with van der Waals surface area (Å²) in [5.41, 5.74) is 5.02. The highest BCUT2D eigenvalue weighted by Crippen LogP contribution is 2.30. The molecular formula is C33H42N6O2. The second-order valence-corrected chi connectivity index (χ2v) is 11.1. The van der Waals surface area contributed by atoms with Gasteiger partial charge in [-0.15, -0.1) is 0 Å². The number of unbranched alkanes of at least 4 members (excludes halogenated alkanes) is 2. The van der Waals surface area contributed by atoms with Gasteiger partial charge in [0.15, 0.2) is 0 Å². The average molecular weight is 555 g/mol. The van der Waals surface area contributed by atoms with Crippen molar-refractivity contribution in [1.29, 1.82) is 0 Å². The topological polar surface area (TPSA) is 85.2 Å². The van der Waals surface area contributed by atoms with E-state index >= 15 is 0 Å². The van der Waals surface area contributed by atoms with Gasteiger partial charge >= 0.3 is 0 Å². The van der Waals surface area contributed by atoms with Crippen molar-refractivity contribution in [2.45, 2.75) is 64.8 Å². The molecule has 1 unspecified atom stereocenters. The van der Waals surface area contributed by atoms with Crippen LogP contribution < -0.4 is 5.32 Å². The molecule has 4 heterocycles. The van der Waals surface area contributed by atoms with Crippen molar-refractivity contribution < 1.29 is 9.53 Å². The van der Waals surface area contributed by atoms with Crippen molar-refractivity contribution in [1.82, 2.24) is 24.6 Å². The fourth-order valence-corrected chi connectivity index (χ4v) is 5.67. The summed E-state index contributed by atoms with van der Waals surface area (Å²) in [6.45, 7) is 8.65. The maximum Gasteiger partial charge on any atom is 0.256 e. The number of carbonyl (C=O) groups excluding carboxylic acids is 1. The predicted octanol–water partition coefficient (Wildman–Crippen LogP) is 6.58. The number of rotatable bonds is 12. The lowest BCUT2D eigenvalue weighted by Gasteiger charge is -2.27. The number of aromatic nitrogens is 4. The molecule has 0 aliphatic carbocycles. The molecule has 1 aliphatic heterocycles. The Morgan fingerprint density at radius 2 is 1.83 bits per heavy atom. The highest BCUT2D eigenvalue weighted by molar-refractivity contribution is 6.04. The third-order valence-corrected chi connectivity index (χ3v) is 8.07. The third kappa shape index (κ3) is 7.18. The van der Waals surface area contributed by atoms with Gasteiger partial charge < -0.3 is 10.1 Å². The quantitative estimate of drug-likeness (QED) is 0.199. The summed E-state index contributed by atoms with van der Waals surface area (Å²) in [6, 6.07) is 12.0. The average Bonchev–Trinajstić information content (AvgIpc) is 3.36. The van der Waals surface area contributed by atoms with E-state index in [4.69, 9.17) is 4.74 Å². The van der Waals surface area contributed by atoms with E-state index in [2.05, 4.69) is 57.3 Å². The first-order chi connectivity index (χ1) is 20.1. The fraction of sp³-hybridized carbons (Fsp3) is 0.455. The number of carbonyl (C=O) groups is 1. The molecule has 216 valence electrons. The number of hydrogen-bond acceptors (Lipinski definition) is 6. The van der Waals surface area contributed by atoms with Crippen LogP contribution in [0.2, 0.25) is 0 Å². The normalized spacial score (nSPS) is 14.8. The zero-order valence-electron chi connectivity index (χ0n) is 24.6. The van der Waals surface area contributed by atoms with E-state index in [1.165, 1.54) is 25.0 Å². The van der Waals surface area contributed by atoms with Crippen molar-refractivity contribution >= 4 is 22.5 Å². The number of pyridine rings is 2. The Hall–Kier alpha value is -3.62. The molecule has 1 aromatic carbocycles. The third-order valence-electron chi connectivity index (χ3n) is 8.07. The zero-order valence-corrected chi connectivity index (χ0v) is 24.6. The molecule has 1 aliphatic rings. The smallest absolute Gasteiger partial charge is 0.256 e. The molecule has 0 bridgehead atoms. The predicted molar refractivity (Wildman–Crippen MR) is 164 cm³/mol. The van der Waals surface area contributed by atoms with Crippen LogP contribution in [-0.2, 0) is 18.3 Å². The molecule has 1 atom stereocenters. The van der Waals surface area contributed by atoms with Gasteiger partial charge in [0.2, 0.25) is 0 Å². The van der Waals surface area contributed by atoms with Crippen LogP contribution in [0, 0.1) is 0 Å². The summed E-state index contributed by atoms with van der Waals surface area (Å²) >= 11 is 0. The van der Waals surface area contributed by atoms with E-state index < -0.39 is 0 Å². The second kappa shape index (κ2) is 13.8. The summed E-state index contributed by atoms with van der Waals surface area (Å²) in [7, 11) is 2.00. The first-order valence-electron chi connectivity index (χ1n) is 15.0. The maximum absolute atomic E-state index is 13.3. The number of amides is 1. The Morgan fingerprint density at radius 1 is 0.976 bits per heavy atom. The van der Waals surface area contributed by atoms with E-state index in [0.29, 0.717) is 17.3 Å². The van der Waals surface area contributed by atoms with Crippen LogP contribution in [-0.4, -0.2) is 56.9 Å². The molecule has 1 N–H and O–H groups in total. The van der Waals surface area contributed by atoms with Crippen LogP contribution in [0.25, 0.3) is 21.9 Å². The molecule has 0 spiro atoms. The van der Waals surface area contributed by atoms with E-state index in [-0.39, 0.29) is 5.91 Å². The minimum Gasteiger partial charge on any atom is -0.379 e. The van der Waals surface area contributed by atoms with Crippen LogP contribution in [0.4, 0.5) is 5.82 Å². The first kappa shape index (κ1) is 28.9. The van der Waals surface area contributed by atoms with Gasteiger partial charge in [0.1, 0.15) is 5.82 Å². The number of anilines is 1. The number of fused-ring (bicyclic) bond motifs is 1. The number of aryl methyl sites for hydroxylation is 1. The Bertz CT molecular complexity index is 1460. The summed E-state index contributed by atoms with van der Waals surface area (Å²) in [4.78, 5) is 24.8. The molecule has 8 heteroatoms. The van der Waals surface area contributed by atoms with Gasteiger partial charge in [-0.05, 0) is 48.1 Å². The van der Waals surface area contributed by atoms with Crippen molar-refractivity contribution in [3.8, 4) is 11.1 Å². The van der Waals surface area contributed by atoms with Gasteiger partial charge in [0, 0.05) is 67.2 Å². The summed E-state index contributed by atoms with van der Waals surface area (Å²) in [6.07, 6.45) is 12.4. The minimum absolute atomic E-state index is 0.166. The number of benzene rings is 1. The molecule has 1 amide bonds. The van der Waals surface area contributed by atoms with Gasteiger partial charge in [-0.25, -0.2) is 4.98 Å². The highest BCUT2D eigenvalue weighted by atomic mass is 16.5.